The van der Waals surface area contributed by atoms with Crippen LogP contribution in [0.3, 0.4) is 0 Å². The molecule has 0 spiro atoms. The first-order valence-corrected chi connectivity index (χ1v) is 5.13. The zero-order valence-electron chi connectivity index (χ0n) is 8.03. The molecular formula is C11H14O3. The number of carbonyl (C=O) groups excluding carboxylic acids is 2. The van der Waals surface area contributed by atoms with Gasteiger partial charge >= 0.3 is 0 Å². The van der Waals surface area contributed by atoms with Gasteiger partial charge in [0.05, 0.1) is 0 Å². The molecule has 2 atom stereocenters. The molecule has 0 aromatic carbocycles. The van der Waals surface area contributed by atoms with Crippen molar-refractivity contribution in [2.45, 2.75) is 32.1 Å². The van der Waals surface area contributed by atoms with Gasteiger partial charge in [-0.25, -0.2) is 0 Å². The molecule has 0 aromatic heterocycles. The Hall–Kier alpha value is -1.12. The molecule has 0 radical (unpaired) electrons. The summed E-state index contributed by atoms with van der Waals surface area (Å²) in [5, 5.41) is 9.30. The molecule has 1 fully saturated rings. The van der Waals surface area contributed by atoms with Crippen LogP contribution >= 0.6 is 0 Å². The lowest BCUT2D eigenvalue weighted by Crippen LogP contribution is -2.26. The maximum absolute atomic E-state index is 11.6. The Morgan fingerprint density at radius 1 is 1.29 bits per heavy atom. The van der Waals surface area contributed by atoms with Crippen molar-refractivity contribution in [1.82, 2.24) is 0 Å². The number of hydrogen-bond donors (Lipinski definition) is 1. The fourth-order valence-electron chi connectivity index (χ4n) is 2.46. The number of allylic oxidation sites excluding steroid dienone is 2. The van der Waals surface area contributed by atoms with Crippen LogP contribution in [0.15, 0.2) is 11.8 Å². The minimum atomic E-state index is -0.157. The molecule has 2 unspecified atom stereocenters. The van der Waals surface area contributed by atoms with E-state index in [2.05, 4.69) is 0 Å². The van der Waals surface area contributed by atoms with E-state index in [0.29, 0.717) is 12.8 Å². The molecule has 3 nitrogen and oxygen atoms in total. The van der Waals surface area contributed by atoms with Crippen molar-refractivity contribution in [3.63, 3.8) is 0 Å². The smallest absolute Gasteiger partial charge is 0.200 e. The summed E-state index contributed by atoms with van der Waals surface area (Å²) in [6.45, 7) is 0. The van der Waals surface area contributed by atoms with E-state index < -0.39 is 0 Å². The molecule has 2 aliphatic carbocycles. The Bertz CT molecular complexity index is 304. The highest BCUT2D eigenvalue weighted by Gasteiger charge is 2.36. The first-order chi connectivity index (χ1) is 6.68. The van der Waals surface area contributed by atoms with Gasteiger partial charge in [0.25, 0.3) is 0 Å². The van der Waals surface area contributed by atoms with Crippen LogP contribution in [-0.4, -0.2) is 16.7 Å². The van der Waals surface area contributed by atoms with Crippen LogP contribution in [0.2, 0.25) is 0 Å². The molecule has 2 rings (SSSR count). The van der Waals surface area contributed by atoms with Gasteiger partial charge in [-0.3, -0.25) is 9.59 Å². The fourth-order valence-corrected chi connectivity index (χ4v) is 2.46. The van der Waals surface area contributed by atoms with Gasteiger partial charge in [0.15, 0.2) is 11.5 Å². The number of ketones is 2. The van der Waals surface area contributed by atoms with Crippen LogP contribution in [0.4, 0.5) is 0 Å². The van der Waals surface area contributed by atoms with E-state index in [0.717, 1.165) is 19.3 Å². The van der Waals surface area contributed by atoms with Crippen LogP contribution in [0.25, 0.3) is 0 Å². The summed E-state index contributed by atoms with van der Waals surface area (Å²) in [6, 6.07) is 0. The van der Waals surface area contributed by atoms with E-state index in [1.807, 2.05) is 0 Å². The summed E-state index contributed by atoms with van der Waals surface area (Å²) in [7, 11) is 0. The average Bonchev–Trinajstić information content (AvgIpc) is 2.57. The molecule has 3 heteroatoms. The molecule has 0 aliphatic heterocycles. The number of aliphatic hydroxyl groups excluding tert-OH is 1. The second kappa shape index (κ2) is 3.56. The molecule has 76 valence electrons. The summed E-state index contributed by atoms with van der Waals surface area (Å²) in [5.41, 5.74) is 0. The first kappa shape index (κ1) is 9.44. The molecule has 1 saturated carbocycles. The van der Waals surface area contributed by atoms with Gasteiger partial charge in [-0.15, -0.1) is 0 Å². The first-order valence-electron chi connectivity index (χ1n) is 5.13. The Morgan fingerprint density at radius 3 is 2.71 bits per heavy atom. The molecule has 0 heterocycles. The zero-order valence-corrected chi connectivity index (χ0v) is 8.03. The van der Waals surface area contributed by atoms with Gasteiger partial charge in [-0.1, -0.05) is 0 Å². The molecular weight excluding hydrogens is 180 g/mol. The van der Waals surface area contributed by atoms with Crippen LogP contribution in [0, 0.1) is 11.8 Å². The second-order valence-electron chi connectivity index (χ2n) is 4.18. The number of Topliss-reactive ketones (excluding diaryl/α,β-unsaturated/α-hetero) is 2. The normalized spacial score (nSPS) is 33.3. The lowest BCUT2D eigenvalue weighted by Gasteiger charge is -2.23. The highest BCUT2D eigenvalue weighted by atomic mass is 16.3. The lowest BCUT2D eigenvalue weighted by molar-refractivity contribution is -0.124. The second-order valence-corrected chi connectivity index (χ2v) is 4.18. The summed E-state index contributed by atoms with van der Waals surface area (Å²) < 4.78 is 0. The van der Waals surface area contributed by atoms with Gasteiger partial charge < -0.3 is 5.11 Å². The maximum atomic E-state index is 11.6. The van der Waals surface area contributed by atoms with Crippen molar-refractivity contribution in [1.29, 1.82) is 0 Å². The summed E-state index contributed by atoms with van der Waals surface area (Å²) >= 11 is 0. The minimum Gasteiger partial charge on any atom is -0.505 e. The topological polar surface area (TPSA) is 54.4 Å². The van der Waals surface area contributed by atoms with Crippen molar-refractivity contribution >= 4 is 11.6 Å². The van der Waals surface area contributed by atoms with E-state index in [1.165, 1.54) is 0 Å². The predicted molar refractivity (Wildman–Crippen MR) is 50.8 cm³/mol. The predicted octanol–water partition coefficient (Wildman–Crippen LogP) is 1.78. The van der Waals surface area contributed by atoms with E-state index >= 15 is 0 Å². The van der Waals surface area contributed by atoms with Crippen LogP contribution < -0.4 is 0 Å². The van der Waals surface area contributed by atoms with E-state index in [1.54, 1.807) is 6.08 Å². The summed E-state index contributed by atoms with van der Waals surface area (Å²) in [4.78, 5) is 22.7. The molecule has 2 aliphatic rings. The van der Waals surface area contributed by atoms with Gasteiger partial charge in [-0.05, 0) is 31.3 Å². The van der Waals surface area contributed by atoms with Crippen molar-refractivity contribution in [3.05, 3.63) is 11.8 Å². The third-order valence-electron chi connectivity index (χ3n) is 3.26. The monoisotopic (exact) mass is 194 g/mol. The SMILES string of the molecule is O=C1CCC(C2CCC=C(O)C2=O)C1. The quantitative estimate of drug-likeness (QED) is 0.692. The zero-order chi connectivity index (χ0) is 10.1. The third-order valence-corrected chi connectivity index (χ3v) is 3.26. The third kappa shape index (κ3) is 1.59. The van der Waals surface area contributed by atoms with Crippen LogP contribution in [0.1, 0.15) is 32.1 Å². The number of rotatable bonds is 1. The van der Waals surface area contributed by atoms with Gasteiger partial charge in [0.2, 0.25) is 0 Å². The average molecular weight is 194 g/mol. The Labute approximate surface area is 82.8 Å². The van der Waals surface area contributed by atoms with Crippen molar-refractivity contribution < 1.29 is 14.7 Å². The lowest BCUT2D eigenvalue weighted by atomic mass is 9.80. The Morgan fingerprint density at radius 2 is 2.07 bits per heavy atom. The van der Waals surface area contributed by atoms with E-state index in [-0.39, 0.29) is 29.2 Å². The highest BCUT2D eigenvalue weighted by molar-refractivity contribution is 5.96. The Balaban J connectivity index is 2.08. The number of aliphatic hydroxyl groups is 1. The molecule has 0 amide bonds. The van der Waals surface area contributed by atoms with Crippen LogP contribution in [0.5, 0.6) is 0 Å². The largest absolute Gasteiger partial charge is 0.505 e. The van der Waals surface area contributed by atoms with Gasteiger partial charge in [0.1, 0.15) is 5.78 Å². The number of carbonyl (C=O) groups is 2. The Kier molecular flexibility index (Phi) is 2.40. The molecule has 0 aromatic rings. The summed E-state index contributed by atoms with van der Waals surface area (Å²) in [6.07, 6.45) is 5.09. The van der Waals surface area contributed by atoms with Crippen molar-refractivity contribution in [2.75, 3.05) is 0 Å². The van der Waals surface area contributed by atoms with Crippen molar-refractivity contribution in [2.24, 2.45) is 11.8 Å². The van der Waals surface area contributed by atoms with Gasteiger partial charge in [-0.2, -0.15) is 0 Å². The maximum Gasteiger partial charge on any atom is 0.200 e. The van der Waals surface area contributed by atoms with Crippen LogP contribution in [-0.2, 0) is 9.59 Å². The molecule has 0 saturated heterocycles. The minimum absolute atomic E-state index is 0.0967. The highest BCUT2D eigenvalue weighted by Crippen LogP contribution is 2.35. The molecule has 14 heavy (non-hydrogen) atoms. The van der Waals surface area contributed by atoms with E-state index in [9.17, 15) is 14.7 Å². The number of hydrogen-bond acceptors (Lipinski definition) is 3. The van der Waals surface area contributed by atoms with Crippen molar-refractivity contribution in [3.8, 4) is 0 Å². The summed E-state index contributed by atoms with van der Waals surface area (Å²) in [5.74, 6) is 0.0886. The fraction of sp³-hybridized carbons (Fsp3) is 0.636. The standard InChI is InChI=1S/C11H14O3/c12-8-5-4-7(6-8)9-2-1-3-10(13)11(9)14/h3,7,9,13H,1-2,4-6H2. The molecule has 1 N–H and O–H groups in total. The molecule has 0 bridgehead atoms. The van der Waals surface area contributed by atoms with Gasteiger partial charge in [0, 0.05) is 18.8 Å². The van der Waals surface area contributed by atoms with E-state index in [4.69, 9.17) is 0 Å².